The van der Waals surface area contributed by atoms with E-state index in [2.05, 4.69) is 10.6 Å². The van der Waals surface area contributed by atoms with Crippen LogP contribution in [-0.2, 0) is 11.3 Å². The van der Waals surface area contributed by atoms with Gasteiger partial charge in [-0.05, 0) is 61.4 Å². The average molecular weight is 449 g/mol. The van der Waals surface area contributed by atoms with E-state index in [1.807, 2.05) is 0 Å². The summed E-state index contributed by atoms with van der Waals surface area (Å²) >= 11 is 0. The molecule has 2 N–H and O–H groups in total. The quantitative estimate of drug-likeness (QED) is 0.598. The number of para-hydroxylation sites is 1. The fraction of sp³-hybridized carbons (Fsp3) is 0.240. The highest BCUT2D eigenvalue weighted by atomic mass is 19.1. The van der Waals surface area contributed by atoms with Gasteiger partial charge in [-0.3, -0.25) is 14.4 Å². The summed E-state index contributed by atoms with van der Waals surface area (Å²) in [6.07, 6.45) is 2.84. The van der Waals surface area contributed by atoms with Crippen molar-refractivity contribution in [2.24, 2.45) is 5.92 Å². The van der Waals surface area contributed by atoms with Crippen molar-refractivity contribution in [3.63, 3.8) is 0 Å². The van der Waals surface area contributed by atoms with Gasteiger partial charge in [0.05, 0.1) is 30.0 Å². The molecule has 3 aromatic rings. The molecule has 1 aliphatic heterocycles. The van der Waals surface area contributed by atoms with E-state index >= 15 is 0 Å². The van der Waals surface area contributed by atoms with Crippen LogP contribution < -0.4 is 10.6 Å². The predicted molar refractivity (Wildman–Crippen MR) is 120 cm³/mol. The number of rotatable bonds is 6. The Morgan fingerprint density at radius 3 is 2.58 bits per heavy atom. The molecule has 1 unspecified atom stereocenters. The van der Waals surface area contributed by atoms with Gasteiger partial charge in [0, 0.05) is 18.7 Å². The zero-order valence-electron chi connectivity index (χ0n) is 17.9. The first-order valence-corrected chi connectivity index (χ1v) is 10.8. The largest absolute Gasteiger partial charge is 0.467 e. The van der Waals surface area contributed by atoms with Crippen LogP contribution in [0.25, 0.3) is 0 Å². The van der Waals surface area contributed by atoms with Gasteiger partial charge in [0.15, 0.2) is 0 Å². The summed E-state index contributed by atoms with van der Waals surface area (Å²) in [5.74, 6) is -1.02. The lowest BCUT2D eigenvalue weighted by atomic mass is 9.96. The van der Waals surface area contributed by atoms with Crippen molar-refractivity contribution in [3.05, 3.63) is 89.6 Å². The summed E-state index contributed by atoms with van der Waals surface area (Å²) in [6, 6.07) is 15.6. The van der Waals surface area contributed by atoms with Crippen molar-refractivity contribution in [2.45, 2.75) is 19.4 Å². The van der Waals surface area contributed by atoms with Gasteiger partial charge < -0.3 is 20.0 Å². The van der Waals surface area contributed by atoms with E-state index in [4.69, 9.17) is 4.42 Å². The number of nitrogens with one attached hydrogen (secondary N) is 2. The van der Waals surface area contributed by atoms with Crippen molar-refractivity contribution in [1.82, 2.24) is 10.2 Å². The molecule has 1 atom stereocenters. The minimum Gasteiger partial charge on any atom is -0.467 e. The third-order valence-electron chi connectivity index (χ3n) is 5.60. The Balaban J connectivity index is 1.40. The van der Waals surface area contributed by atoms with E-state index in [1.165, 1.54) is 30.5 Å². The molecule has 1 fully saturated rings. The number of likely N-dealkylation sites (tertiary alicyclic amines) is 1. The minimum absolute atomic E-state index is 0.231. The first-order chi connectivity index (χ1) is 16.0. The van der Waals surface area contributed by atoms with Crippen LogP contribution in [0.1, 0.15) is 39.3 Å². The summed E-state index contributed by atoms with van der Waals surface area (Å²) in [5.41, 5.74) is 1.13. The Morgan fingerprint density at radius 1 is 1.03 bits per heavy atom. The molecular weight excluding hydrogens is 425 g/mol. The molecule has 1 aromatic heterocycles. The van der Waals surface area contributed by atoms with Gasteiger partial charge >= 0.3 is 0 Å². The molecule has 7 nitrogen and oxygen atoms in total. The summed E-state index contributed by atoms with van der Waals surface area (Å²) in [7, 11) is 0. The highest BCUT2D eigenvalue weighted by molar-refractivity contribution is 6.04. The monoisotopic (exact) mass is 449 g/mol. The lowest BCUT2D eigenvalue weighted by molar-refractivity contribution is -0.121. The Kier molecular flexibility index (Phi) is 6.83. The predicted octanol–water partition coefficient (Wildman–Crippen LogP) is 3.84. The molecule has 0 spiro atoms. The highest BCUT2D eigenvalue weighted by Gasteiger charge is 2.29. The van der Waals surface area contributed by atoms with E-state index in [9.17, 15) is 18.8 Å². The van der Waals surface area contributed by atoms with Crippen molar-refractivity contribution < 1.29 is 23.2 Å². The second kappa shape index (κ2) is 10.1. The van der Waals surface area contributed by atoms with Crippen LogP contribution in [0.5, 0.6) is 0 Å². The van der Waals surface area contributed by atoms with Gasteiger partial charge in [-0.15, -0.1) is 0 Å². The highest BCUT2D eigenvalue weighted by Crippen LogP contribution is 2.22. The molecule has 1 aliphatic rings. The first kappa shape index (κ1) is 22.3. The number of carbonyl (C=O) groups is 3. The molecule has 4 rings (SSSR count). The van der Waals surface area contributed by atoms with Gasteiger partial charge in [0.1, 0.15) is 11.6 Å². The fourth-order valence-electron chi connectivity index (χ4n) is 3.85. The third kappa shape index (κ3) is 5.46. The van der Waals surface area contributed by atoms with Crippen LogP contribution in [0.2, 0.25) is 0 Å². The molecule has 8 heteroatoms. The molecule has 170 valence electrons. The second-order valence-electron chi connectivity index (χ2n) is 7.89. The van der Waals surface area contributed by atoms with Crippen molar-refractivity contribution in [2.75, 3.05) is 18.4 Å². The normalized spacial score (nSPS) is 15.7. The van der Waals surface area contributed by atoms with Gasteiger partial charge in [-0.25, -0.2) is 4.39 Å². The Bertz CT molecular complexity index is 1130. The van der Waals surface area contributed by atoms with Gasteiger partial charge in [0.25, 0.3) is 11.8 Å². The molecule has 2 heterocycles. The van der Waals surface area contributed by atoms with E-state index < -0.39 is 11.7 Å². The van der Waals surface area contributed by atoms with E-state index in [1.54, 1.807) is 41.3 Å². The maximum absolute atomic E-state index is 13.2. The van der Waals surface area contributed by atoms with Crippen LogP contribution >= 0.6 is 0 Å². The lowest BCUT2D eigenvalue weighted by Gasteiger charge is -2.32. The Morgan fingerprint density at radius 2 is 1.82 bits per heavy atom. The molecule has 0 saturated carbocycles. The lowest BCUT2D eigenvalue weighted by Crippen LogP contribution is -2.43. The first-order valence-electron chi connectivity index (χ1n) is 10.8. The molecule has 0 radical (unpaired) electrons. The molecule has 3 amide bonds. The second-order valence-corrected chi connectivity index (χ2v) is 7.89. The SMILES string of the molecule is O=C(NCc1ccco1)c1ccccc1NC(=O)C1CCCN(C(=O)c2ccc(F)cc2)C1. The molecule has 0 aliphatic carbocycles. The smallest absolute Gasteiger partial charge is 0.253 e. The maximum Gasteiger partial charge on any atom is 0.253 e. The number of amides is 3. The number of anilines is 1. The van der Waals surface area contributed by atoms with E-state index in [0.29, 0.717) is 42.0 Å². The number of hydrogen-bond donors (Lipinski definition) is 2. The Hall–Kier alpha value is -3.94. The number of hydrogen-bond acceptors (Lipinski definition) is 4. The van der Waals surface area contributed by atoms with Crippen molar-refractivity contribution >= 4 is 23.4 Å². The number of piperidine rings is 1. The van der Waals surface area contributed by atoms with Crippen LogP contribution in [0.3, 0.4) is 0 Å². The summed E-state index contributed by atoms with van der Waals surface area (Å²) in [4.78, 5) is 40.0. The summed E-state index contributed by atoms with van der Waals surface area (Å²) in [5, 5.41) is 5.63. The fourth-order valence-corrected chi connectivity index (χ4v) is 3.85. The molecule has 2 aromatic carbocycles. The molecule has 0 bridgehead atoms. The van der Waals surface area contributed by atoms with Gasteiger partial charge in [-0.2, -0.15) is 0 Å². The maximum atomic E-state index is 13.2. The summed E-state index contributed by atoms with van der Waals surface area (Å²) < 4.78 is 18.4. The topological polar surface area (TPSA) is 91.7 Å². The number of nitrogens with zero attached hydrogens (tertiary/aromatic N) is 1. The van der Waals surface area contributed by atoms with Gasteiger partial charge in [-0.1, -0.05) is 12.1 Å². The van der Waals surface area contributed by atoms with Gasteiger partial charge in [0.2, 0.25) is 5.91 Å². The minimum atomic E-state index is -0.414. The van der Waals surface area contributed by atoms with Crippen LogP contribution in [0, 0.1) is 11.7 Å². The third-order valence-corrected chi connectivity index (χ3v) is 5.60. The standard InChI is InChI=1S/C25H24FN3O4/c26-19-11-9-17(10-12-19)25(32)29-13-3-5-18(16-29)23(30)28-22-8-2-1-7-21(22)24(31)27-15-20-6-4-14-33-20/h1-2,4,6-12,14,18H,3,5,13,15-16H2,(H,27,31)(H,28,30). The van der Waals surface area contributed by atoms with Crippen molar-refractivity contribution in [3.8, 4) is 0 Å². The zero-order chi connectivity index (χ0) is 23.2. The Labute approximate surface area is 190 Å². The molecule has 1 saturated heterocycles. The number of benzene rings is 2. The van der Waals surface area contributed by atoms with Crippen LogP contribution in [0.15, 0.2) is 71.3 Å². The average Bonchev–Trinajstić information content (AvgIpc) is 3.37. The van der Waals surface area contributed by atoms with E-state index in [-0.39, 0.29) is 30.8 Å². The number of halogens is 1. The number of carbonyl (C=O) groups excluding carboxylic acids is 3. The summed E-state index contributed by atoms with van der Waals surface area (Å²) in [6.45, 7) is 1.03. The van der Waals surface area contributed by atoms with E-state index in [0.717, 1.165) is 0 Å². The van der Waals surface area contributed by atoms with Crippen molar-refractivity contribution in [1.29, 1.82) is 0 Å². The molecule has 33 heavy (non-hydrogen) atoms. The zero-order valence-corrected chi connectivity index (χ0v) is 17.9. The van der Waals surface area contributed by atoms with Crippen LogP contribution in [-0.4, -0.2) is 35.7 Å². The van der Waals surface area contributed by atoms with Crippen LogP contribution in [0.4, 0.5) is 10.1 Å². The molecular formula is C25H24FN3O4. The number of furan rings is 1.